The maximum Gasteiger partial charge on any atom is 0.244 e. The van der Waals surface area contributed by atoms with Crippen LogP contribution >= 0.6 is 0 Å². The second kappa shape index (κ2) is 10.8. The molecule has 1 heterocycles. The van der Waals surface area contributed by atoms with Gasteiger partial charge >= 0.3 is 0 Å². The third-order valence-electron chi connectivity index (χ3n) is 6.70. The summed E-state index contributed by atoms with van der Waals surface area (Å²) in [6, 6.07) is 10.2. The smallest absolute Gasteiger partial charge is 0.244 e. The van der Waals surface area contributed by atoms with Crippen LogP contribution in [-0.2, 0) is 4.79 Å². The molecule has 34 heavy (non-hydrogen) atoms. The quantitative estimate of drug-likeness (QED) is 0.302. The molecule has 4 rings (SSSR count). The first-order valence-corrected chi connectivity index (χ1v) is 12.3. The van der Waals surface area contributed by atoms with Gasteiger partial charge in [0.2, 0.25) is 5.91 Å². The third-order valence-corrected chi connectivity index (χ3v) is 6.70. The summed E-state index contributed by atoms with van der Waals surface area (Å²) in [5, 5.41) is 4.19. The van der Waals surface area contributed by atoms with Crippen molar-refractivity contribution in [3.63, 3.8) is 0 Å². The number of allylic oxidation sites excluding steroid dienone is 1. The molecule has 5 heteroatoms. The predicted molar refractivity (Wildman–Crippen MR) is 137 cm³/mol. The van der Waals surface area contributed by atoms with Crippen molar-refractivity contribution in [1.82, 2.24) is 5.32 Å². The van der Waals surface area contributed by atoms with Gasteiger partial charge in [-0.1, -0.05) is 43.9 Å². The van der Waals surface area contributed by atoms with Crippen LogP contribution < -0.4 is 14.8 Å². The van der Waals surface area contributed by atoms with Crippen LogP contribution in [0.15, 0.2) is 47.1 Å². The average Bonchev–Trinajstić information content (AvgIpc) is 3.09. The molecule has 1 saturated carbocycles. The van der Waals surface area contributed by atoms with Crippen molar-refractivity contribution in [2.75, 3.05) is 13.7 Å². The first kappa shape index (κ1) is 23.9. The van der Waals surface area contributed by atoms with E-state index in [2.05, 4.69) is 11.4 Å². The zero-order valence-corrected chi connectivity index (χ0v) is 20.7. The zero-order valence-electron chi connectivity index (χ0n) is 20.7. The third kappa shape index (κ3) is 4.98. The SMILES string of the molecule is CCOc1c(/C(C)=C/C(=O)NC2CCCCCC2)cc2c(-c3ccccc3OC)coc2c1C. The molecule has 0 atom stereocenters. The second-order valence-electron chi connectivity index (χ2n) is 9.06. The molecule has 3 aromatic rings. The van der Waals surface area contributed by atoms with E-state index in [9.17, 15) is 4.79 Å². The summed E-state index contributed by atoms with van der Waals surface area (Å²) >= 11 is 0. The Labute approximate surface area is 202 Å². The van der Waals surface area contributed by atoms with E-state index in [0.717, 1.165) is 63.1 Å². The van der Waals surface area contributed by atoms with Crippen LogP contribution in [0, 0.1) is 6.92 Å². The molecule has 1 aliphatic rings. The molecule has 1 amide bonds. The summed E-state index contributed by atoms with van der Waals surface area (Å²) in [4.78, 5) is 12.9. The van der Waals surface area contributed by atoms with Crippen LogP contribution in [0.25, 0.3) is 27.7 Å². The molecule has 0 radical (unpaired) electrons. The minimum atomic E-state index is -0.0401. The number of hydrogen-bond acceptors (Lipinski definition) is 4. The van der Waals surface area contributed by atoms with Gasteiger partial charge in [0.05, 0.1) is 20.0 Å². The number of benzene rings is 2. The summed E-state index contributed by atoms with van der Waals surface area (Å²) < 4.78 is 17.7. The lowest BCUT2D eigenvalue weighted by molar-refractivity contribution is -0.117. The maximum absolute atomic E-state index is 12.9. The first-order valence-electron chi connectivity index (χ1n) is 12.3. The highest BCUT2D eigenvalue weighted by Crippen LogP contribution is 2.42. The lowest BCUT2D eigenvalue weighted by Gasteiger charge is -2.17. The van der Waals surface area contributed by atoms with Crippen LogP contribution in [-0.4, -0.2) is 25.7 Å². The van der Waals surface area contributed by atoms with Gasteiger partial charge in [-0.2, -0.15) is 0 Å². The van der Waals surface area contributed by atoms with Gasteiger partial charge in [-0.15, -0.1) is 0 Å². The van der Waals surface area contributed by atoms with Gasteiger partial charge in [0.1, 0.15) is 17.1 Å². The molecule has 180 valence electrons. The largest absolute Gasteiger partial charge is 0.496 e. The monoisotopic (exact) mass is 461 g/mol. The molecule has 1 N–H and O–H groups in total. The van der Waals surface area contributed by atoms with Crippen molar-refractivity contribution in [2.24, 2.45) is 0 Å². The van der Waals surface area contributed by atoms with Gasteiger partial charge in [-0.3, -0.25) is 4.79 Å². The topological polar surface area (TPSA) is 60.7 Å². The van der Waals surface area contributed by atoms with E-state index in [1.54, 1.807) is 19.4 Å². The Balaban J connectivity index is 1.75. The van der Waals surface area contributed by atoms with Crippen LogP contribution in [0.3, 0.4) is 0 Å². The highest BCUT2D eigenvalue weighted by molar-refractivity contribution is 6.02. The van der Waals surface area contributed by atoms with E-state index in [4.69, 9.17) is 13.9 Å². The molecule has 0 aliphatic heterocycles. The van der Waals surface area contributed by atoms with E-state index < -0.39 is 0 Å². The second-order valence-corrected chi connectivity index (χ2v) is 9.06. The Bertz CT molecular complexity index is 1180. The number of rotatable bonds is 7. The van der Waals surface area contributed by atoms with Crippen LogP contribution in [0.4, 0.5) is 0 Å². The molecule has 0 bridgehead atoms. The van der Waals surface area contributed by atoms with Crippen LogP contribution in [0.1, 0.15) is 63.5 Å². The number of ether oxygens (including phenoxy) is 2. The average molecular weight is 462 g/mol. The molecular weight excluding hydrogens is 426 g/mol. The fraction of sp³-hybridized carbons (Fsp3) is 0.414. The number of carbonyl (C=O) groups is 1. The van der Waals surface area contributed by atoms with Gasteiger partial charge in [0.15, 0.2) is 0 Å². The summed E-state index contributed by atoms with van der Waals surface area (Å²) in [6.45, 7) is 6.47. The van der Waals surface area contributed by atoms with Gasteiger partial charge < -0.3 is 19.2 Å². The van der Waals surface area contributed by atoms with E-state index in [1.165, 1.54) is 25.7 Å². The molecule has 1 fully saturated rings. The van der Waals surface area contributed by atoms with Crippen molar-refractivity contribution >= 4 is 22.4 Å². The summed E-state index contributed by atoms with van der Waals surface area (Å²) in [5.41, 5.74) is 5.39. The highest BCUT2D eigenvalue weighted by atomic mass is 16.5. The Morgan fingerprint density at radius 2 is 1.88 bits per heavy atom. The molecule has 1 aliphatic carbocycles. The van der Waals surface area contributed by atoms with Gasteiger partial charge in [-0.05, 0) is 51.3 Å². The summed E-state index contributed by atoms with van der Waals surface area (Å²) in [7, 11) is 1.67. The Morgan fingerprint density at radius 3 is 2.59 bits per heavy atom. The van der Waals surface area contributed by atoms with Crippen molar-refractivity contribution in [3.05, 3.63) is 53.8 Å². The summed E-state index contributed by atoms with van der Waals surface area (Å²) in [5.74, 6) is 1.50. The molecule has 0 spiro atoms. The standard InChI is InChI=1S/C29H35NO4/c1-5-33-28-20(3)29-24(25(18-34-29)22-14-10-11-15-26(22)32-4)17-23(28)19(2)16-27(31)30-21-12-8-6-7-9-13-21/h10-11,14-18,21H,5-9,12-13H2,1-4H3,(H,30,31)/b19-16+. The number of para-hydroxylation sites is 1. The Hall–Kier alpha value is -3.21. The number of hydrogen-bond donors (Lipinski definition) is 1. The van der Waals surface area contributed by atoms with E-state index >= 15 is 0 Å². The van der Waals surface area contributed by atoms with Crippen molar-refractivity contribution < 1.29 is 18.7 Å². The molecule has 0 unspecified atom stereocenters. The summed E-state index contributed by atoms with van der Waals surface area (Å²) in [6.07, 6.45) is 10.5. The van der Waals surface area contributed by atoms with E-state index in [-0.39, 0.29) is 11.9 Å². The fourth-order valence-electron chi connectivity index (χ4n) is 4.96. The Morgan fingerprint density at radius 1 is 1.15 bits per heavy atom. The molecule has 2 aromatic carbocycles. The van der Waals surface area contributed by atoms with Crippen molar-refractivity contribution in [1.29, 1.82) is 0 Å². The van der Waals surface area contributed by atoms with E-state index in [1.807, 2.05) is 45.0 Å². The van der Waals surface area contributed by atoms with Crippen molar-refractivity contribution in [2.45, 2.75) is 65.3 Å². The van der Waals surface area contributed by atoms with Crippen molar-refractivity contribution in [3.8, 4) is 22.6 Å². The number of amides is 1. The van der Waals surface area contributed by atoms with E-state index in [0.29, 0.717) is 6.61 Å². The predicted octanol–water partition coefficient (Wildman–Crippen LogP) is 7.06. The lowest BCUT2D eigenvalue weighted by Crippen LogP contribution is -2.33. The molecule has 5 nitrogen and oxygen atoms in total. The normalized spacial score (nSPS) is 15.2. The van der Waals surface area contributed by atoms with Crippen LogP contribution in [0.2, 0.25) is 0 Å². The number of carbonyl (C=O) groups excluding carboxylic acids is 1. The number of aryl methyl sites for hydroxylation is 1. The van der Waals surface area contributed by atoms with Gasteiger partial charge in [0.25, 0.3) is 0 Å². The number of methoxy groups -OCH3 is 1. The van der Waals surface area contributed by atoms with Gasteiger partial charge in [0, 0.05) is 39.8 Å². The molecule has 0 saturated heterocycles. The number of fused-ring (bicyclic) bond motifs is 1. The number of furan rings is 1. The zero-order chi connectivity index (χ0) is 24.1. The van der Waals surface area contributed by atoms with Gasteiger partial charge in [-0.25, -0.2) is 0 Å². The Kier molecular flexibility index (Phi) is 7.61. The fourth-order valence-corrected chi connectivity index (χ4v) is 4.96. The molecular formula is C29H35NO4. The first-order chi connectivity index (χ1) is 16.5. The highest BCUT2D eigenvalue weighted by Gasteiger charge is 2.21. The maximum atomic E-state index is 12.9. The minimum absolute atomic E-state index is 0.0401. The minimum Gasteiger partial charge on any atom is -0.496 e. The molecule has 1 aromatic heterocycles. The lowest BCUT2D eigenvalue weighted by atomic mass is 9.96. The number of nitrogens with one attached hydrogen (secondary N) is 1. The van der Waals surface area contributed by atoms with Crippen LogP contribution in [0.5, 0.6) is 11.5 Å².